The first-order valence-corrected chi connectivity index (χ1v) is 17.9. The van der Waals surface area contributed by atoms with Gasteiger partial charge in [0.25, 0.3) is 0 Å². The van der Waals surface area contributed by atoms with Gasteiger partial charge in [0, 0.05) is 32.7 Å². The molecule has 0 saturated heterocycles. The molecular weight excluding hydrogens is 593 g/mol. The molecule has 2 aromatic heterocycles. The highest BCUT2D eigenvalue weighted by molar-refractivity contribution is 6.04. The predicted molar refractivity (Wildman–Crippen MR) is 210 cm³/mol. The van der Waals surface area contributed by atoms with Crippen LogP contribution in [0.3, 0.4) is 0 Å². The Balaban J connectivity index is 0.000000719. The SMILES string of the molecule is CC.CC1(C)c2ccccc2-c2ccc(-c3ccc4ccc5ccc(-c6ccc7c(c6)C(C)(C)c6ccccc6-7)nc5c4n3)cc21.CCC. The first-order valence-electron chi connectivity index (χ1n) is 17.9. The van der Waals surface area contributed by atoms with E-state index in [1.54, 1.807) is 0 Å². The Kier molecular flexibility index (Phi) is 8.23. The standard InChI is InChI=1S/C42H32N2.C3H8.C2H6/c1-41(2)33-11-7-5-9-29(33)31-19-15-27(23-35(31)41)37-21-17-25-13-14-26-18-22-38(44-40(26)39(25)43-37)28-16-20-32-30-10-6-8-12-34(30)42(3,4)36(32)24-28;1-3-2;1-2/h5-24H,1-4H3;3H2,1-2H3;1-2H3. The molecule has 2 aliphatic rings. The number of pyridine rings is 2. The van der Waals surface area contributed by atoms with Crippen molar-refractivity contribution >= 4 is 21.8 Å². The summed E-state index contributed by atoms with van der Waals surface area (Å²) in [5, 5.41) is 2.20. The Morgan fingerprint density at radius 1 is 0.429 bits per heavy atom. The molecule has 0 spiro atoms. The number of hydrogen-bond donors (Lipinski definition) is 0. The molecule has 49 heavy (non-hydrogen) atoms. The first kappa shape index (κ1) is 32.5. The highest BCUT2D eigenvalue weighted by Crippen LogP contribution is 2.50. The van der Waals surface area contributed by atoms with E-state index < -0.39 is 0 Å². The van der Waals surface area contributed by atoms with E-state index in [0.29, 0.717) is 0 Å². The zero-order valence-electron chi connectivity index (χ0n) is 30.1. The zero-order chi connectivity index (χ0) is 34.5. The molecule has 2 heterocycles. The van der Waals surface area contributed by atoms with E-state index in [2.05, 4.69) is 163 Å². The van der Waals surface area contributed by atoms with Crippen molar-refractivity contribution in [3.63, 3.8) is 0 Å². The van der Waals surface area contributed by atoms with Crippen LogP contribution in [0.25, 0.3) is 66.6 Å². The van der Waals surface area contributed by atoms with E-state index in [9.17, 15) is 0 Å². The fourth-order valence-corrected chi connectivity index (χ4v) is 7.82. The smallest absolute Gasteiger partial charge is 0.0972 e. The van der Waals surface area contributed by atoms with Gasteiger partial charge < -0.3 is 0 Å². The topological polar surface area (TPSA) is 25.8 Å². The van der Waals surface area contributed by atoms with Crippen LogP contribution in [-0.4, -0.2) is 9.97 Å². The minimum Gasteiger partial charge on any atom is -0.245 e. The summed E-state index contributed by atoms with van der Waals surface area (Å²) in [6.45, 7) is 17.6. The van der Waals surface area contributed by atoms with Gasteiger partial charge in [-0.3, -0.25) is 0 Å². The van der Waals surface area contributed by atoms with Crippen molar-refractivity contribution < 1.29 is 0 Å². The van der Waals surface area contributed by atoms with Gasteiger partial charge in [-0.05, 0) is 68.8 Å². The van der Waals surface area contributed by atoms with Crippen LogP contribution in [0.2, 0.25) is 0 Å². The lowest BCUT2D eigenvalue weighted by molar-refractivity contribution is 0.660. The lowest BCUT2D eigenvalue weighted by Crippen LogP contribution is -2.14. The molecule has 2 nitrogen and oxygen atoms in total. The number of rotatable bonds is 2. The van der Waals surface area contributed by atoms with E-state index in [1.807, 2.05) is 13.8 Å². The minimum absolute atomic E-state index is 0.0479. The Morgan fingerprint density at radius 3 is 1.18 bits per heavy atom. The highest BCUT2D eigenvalue weighted by Gasteiger charge is 2.36. The zero-order valence-corrected chi connectivity index (χ0v) is 30.1. The summed E-state index contributed by atoms with van der Waals surface area (Å²) >= 11 is 0. The molecule has 5 aromatic carbocycles. The summed E-state index contributed by atoms with van der Waals surface area (Å²) in [6.07, 6.45) is 1.25. The number of nitrogens with zero attached hydrogens (tertiary/aromatic N) is 2. The van der Waals surface area contributed by atoms with Gasteiger partial charge in [0.1, 0.15) is 0 Å². The van der Waals surface area contributed by atoms with Crippen LogP contribution >= 0.6 is 0 Å². The molecule has 0 N–H and O–H groups in total. The summed E-state index contributed by atoms with van der Waals surface area (Å²) in [4.78, 5) is 10.6. The molecule has 2 heteroatoms. The van der Waals surface area contributed by atoms with Crippen LogP contribution < -0.4 is 0 Å². The second-order valence-electron chi connectivity index (χ2n) is 14.2. The summed E-state index contributed by atoms with van der Waals surface area (Å²) in [5.74, 6) is 0. The van der Waals surface area contributed by atoms with Crippen LogP contribution in [0, 0.1) is 0 Å². The van der Waals surface area contributed by atoms with Crippen LogP contribution in [0.15, 0.2) is 121 Å². The quantitative estimate of drug-likeness (QED) is 0.176. The van der Waals surface area contributed by atoms with Crippen LogP contribution in [0.4, 0.5) is 0 Å². The Morgan fingerprint density at radius 2 is 0.776 bits per heavy atom. The monoisotopic (exact) mass is 638 g/mol. The molecular formula is C47H46N2. The molecule has 0 bridgehead atoms. The molecule has 2 aliphatic carbocycles. The van der Waals surface area contributed by atoms with Gasteiger partial charge in [-0.2, -0.15) is 0 Å². The molecule has 7 aromatic rings. The number of benzene rings is 5. The van der Waals surface area contributed by atoms with Crippen molar-refractivity contribution in [2.75, 3.05) is 0 Å². The maximum atomic E-state index is 5.28. The van der Waals surface area contributed by atoms with Crippen LogP contribution in [0.1, 0.15) is 84.1 Å². The van der Waals surface area contributed by atoms with Gasteiger partial charge >= 0.3 is 0 Å². The third kappa shape index (κ3) is 5.17. The maximum absolute atomic E-state index is 5.28. The fourth-order valence-electron chi connectivity index (χ4n) is 7.82. The highest BCUT2D eigenvalue weighted by atomic mass is 14.8. The van der Waals surface area contributed by atoms with Gasteiger partial charge in [0.15, 0.2) is 0 Å². The third-order valence-corrected chi connectivity index (χ3v) is 10.3. The van der Waals surface area contributed by atoms with Crippen molar-refractivity contribution in [2.45, 2.75) is 72.6 Å². The molecule has 0 amide bonds. The van der Waals surface area contributed by atoms with Gasteiger partial charge in [0.2, 0.25) is 0 Å². The average Bonchev–Trinajstić information content (AvgIpc) is 3.51. The predicted octanol–water partition coefficient (Wildman–Crippen LogP) is 13.2. The summed E-state index contributed by atoms with van der Waals surface area (Å²) < 4.78 is 0. The lowest BCUT2D eigenvalue weighted by atomic mass is 9.82. The summed E-state index contributed by atoms with van der Waals surface area (Å²) in [5.41, 5.74) is 16.8. The van der Waals surface area contributed by atoms with Crippen molar-refractivity contribution in [3.05, 3.63) is 144 Å². The van der Waals surface area contributed by atoms with E-state index in [0.717, 1.165) is 44.3 Å². The van der Waals surface area contributed by atoms with Crippen molar-refractivity contribution in [2.24, 2.45) is 0 Å². The second-order valence-corrected chi connectivity index (χ2v) is 14.2. The van der Waals surface area contributed by atoms with E-state index in [1.165, 1.54) is 50.9 Å². The largest absolute Gasteiger partial charge is 0.245 e. The molecule has 244 valence electrons. The normalized spacial score (nSPS) is 14.1. The average molecular weight is 639 g/mol. The Hall–Kier alpha value is -5.08. The fraction of sp³-hybridized carbons (Fsp3) is 0.234. The minimum atomic E-state index is -0.0479. The number of hydrogen-bond acceptors (Lipinski definition) is 2. The third-order valence-electron chi connectivity index (χ3n) is 10.3. The molecule has 0 atom stereocenters. The lowest BCUT2D eigenvalue weighted by Gasteiger charge is -2.22. The summed E-state index contributed by atoms with van der Waals surface area (Å²) in [6, 6.07) is 44.3. The van der Waals surface area contributed by atoms with Crippen LogP contribution in [-0.2, 0) is 10.8 Å². The van der Waals surface area contributed by atoms with Crippen molar-refractivity contribution in [1.82, 2.24) is 9.97 Å². The molecule has 0 aliphatic heterocycles. The van der Waals surface area contributed by atoms with E-state index in [-0.39, 0.29) is 10.8 Å². The van der Waals surface area contributed by atoms with Gasteiger partial charge in [-0.25, -0.2) is 9.97 Å². The number of fused-ring (bicyclic) bond motifs is 9. The Labute approximate surface area is 291 Å². The molecule has 0 saturated carbocycles. The first-order chi connectivity index (χ1) is 23.7. The molecule has 9 rings (SSSR count). The van der Waals surface area contributed by atoms with Gasteiger partial charge in [0.05, 0.1) is 22.4 Å². The van der Waals surface area contributed by atoms with Crippen molar-refractivity contribution in [1.29, 1.82) is 0 Å². The van der Waals surface area contributed by atoms with Gasteiger partial charge in [-0.1, -0.05) is 159 Å². The maximum Gasteiger partial charge on any atom is 0.0972 e. The van der Waals surface area contributed by atoms with Crippen LogP contribution in [0.5, 0.6) is 0 Å². The Bertz CT molecular complexity index is 2190. The molecule has 0 unspecified atom stereocenters. The number of aromatic nitrogens is 2. The summed E-state index contributed by atoms with van der Waals surface area (Å²) in [7, 11) is 0. The molecule has 0 fully saturated rings. The molecule has 0 radical (unpaired) electrons. The van der Waals surface area contributed by atoms with Gasteiger partial charge in [-0.15, -0.1) is 0 Å². The second kappa shape index (κ2) is 12.4. The van der Waals surface area contributed by atoms with Crippen molar-refractivity contribution in [3.8, 4) is 44.8 Å². The van der Waals surface area contributed by atoms with E-state index >= 15 is 0 Å². The van der Waals surface area contributed by atoms with E-state index in [4.69, 9.17) is 9.97 Å².